The van der Waals surface area contributed by atoms with Gasteiger partial charge < -0.3 is 63.6 Å². The van der Waals surface area contributed by atoms with Crippen LogP contribution >= 0.6 is 0 Å². The number of carbonyl (C=O) groups is 4. The zero-order valence-electron chi connectivity index (χ0n) is 48.5. The standard InChI is InChI=1S/C53H43N4O20S4.6Li/c1-23-13-25(3)47(57-79(69,70)33-19-37(52(63)64)49(58)38(20-33)53(65)66)27(5)45(23)54-31-11-12-34-40(18-31)77-41-22-39(43(81(74,75)76)21-36(41)44(34)35-9-7-8-10-42(35)80(71,72)73)55-46-24(2)14-26(4)48(28(46)6)56-78(67,68)32-16-29(50(59)60)15-30(17-32)51(61)62;;;;;;/h7-10,12-22,54,56-58H,1-6H3,(H,59,60)(H,61,62)(H,63,64)(H,65,66)(H,71,72,73)(H,74,75,76);;;;;;/q-1;6*+1/p-5. The molecule has 0 radical (unpaired) electrons. The number of aromatic hydroxyl groups is 1. The molecule has 0 unspecified atom stereocenters. The van der Waals surface area contributed by atoms with E-state index < -0.39 is 117 Å². The first kappa shape index (κ1) is 77.5. The molecule has 24 nitrogen and oxygen atoms in total. The van der Waals surface area contributed by atoms with E-state index in [0.717, 1.165) is 18.2 Å². The zero-order chi connectivity index (χ0) is 59.7. The van der Waals surface area contributed by atoms with Gasteiger partial charge in [-0.05, 0) is 129 Å². The summed E-state index contributed by atoms with van der Waals surface area (Å²) in [5, 5.41) is 59.7. The van der Waals surface area contributed by atoms with Crippen molar-refractivity contribution in [3.63, 3.8) is 0 Å². The Morgan fingerprint density at radius 2 is 1.01 bits per heavy atom. The van der Waals surface area contributed by atoms with Crippen LogP contribution in [0.1, 0.15) is 74.8 Å². The molecule has 87 heavy (non-hydrogen) atoms. The number of benzene rings is 7. The second-order valence-electron chi connectivity index (χ2n) is 18.3. The fraction of sp³-hybridized carbons (Fsp3) is 0.113. The number of fused-ring (bicyclic) bond motifs is 2. The Morgan fingerprint density at radius 1 is 0.540 bits per heavy atom. The second-order valence-corrected chi connectivity index (χ2v) is 24.4. The van der Waals surface area contributed by atoms with Crippen LogP contribution in [0.5, 0.6) is 5.75 Å². The third-order valence-electron chi connectivity index (χ3n) is 12.9. The van der Waals surface area contributed by atoms with E-state index in [1.54, 1.807) is 19.9 Å². The normalized spacial score (nSPS) is 11.5. The van der Waals surface area contributed by atoms with Crippen molar-refractivity contribution < 1.29 is 210 Å². The molecule has 0 saturated carbocycles. The van der Waals surface area contributed by atoms with Crippen LogP contribution < -0.4 is 159 Å². The number of phenols is 1. The molecule has 0 spiro atoms. The number of aromatic carboxylic acids is 4. The molecule has 0 fully saturated rings. The smallest absolute Gasteiger partial charge is 0.744 e. The molecule has 0 amide bonds. The van der Waals surface area contributed by atoms with Gasteiger partial charge in [-0.3, -0.25) is 9.44 Å². The van der Waals surface area contributed by atoms with Gasteiger partial charge >= 0.3 is 113 Å². The quantitative estimate of drug-likeness (QED) is 0.0259. The van der Waals surface area contributed by atoms with E-state index >= 15 is 0 Å². The van der Waals surface area contributed by atoms with Crippen LogP contribution in [0.25, 0.3) is 33.4 Å². The molecule has 1 aliphatic carbocycles. The summed E-state index contributed by atoms with van der Waals surface area (Å²) < 4.78 is 145. The number of anilines is 4. The predicted molar refractivity (Wildman–Crippen MR) is 275 cm³/mol. The molecule has 8 rings (SSSR count). The predicted octanol–water partition coefficient (Wildman–Crippen LogP) is -17.5. The Hall–Kier alpha value is -5.61. The summed E-state index contributed by atoms with van der Waals surface area (Å²) in [5.74, 6) is -9.52. The van der Waals surface area contributed by atoms with E-state index in [1.165, 1.54) is 64.1 Å². The van der Waals surface area contributed by atoms with Gasteiger partial charge in [0, 0.05) is 39.1 Å². The molecule has 0 aromatic heterocycles. The first-order valence-electron chi connectivity index (χ1n) is 23.1. The van der Waals surface area contributed by atoms with Crippen LogP contribution in [-0.4, -0.2) is 71.8 Å². The first-order valence-corrected chi connectivity index (χ1v) is 28.9. The maximum absolute atomic E-state index is 13.8. The number of carbonyl (C=O) groups excluding carboxylic acids is 4. The average Bonchev–Trinajstić information content (AvgIpc) is 0.766. The van der Waals surface area contributed by atoms with Gasteiger partial charge in [-0.25, -0.2) is 38.7 Å². The van der Waals surface area contributed by atoms with Gasteiger partial charge in [0.05, 0.1) is 56.0 Å². The maximum atomic E-state index is 13.8. The number of nitrogens with one attached hydrogen (secondary N) is 4. The van der Waals surface area contributed by atoms with Gasteiger partial charge in [0.15, 0.2) is 0 Å². The number of carboxylic acids is 4. The molecular weight excluding hydrogens is 1180 g/mol. The minimum Gasteiger partial charge on any atom is -0.744 e. The van der Waals surface area contributed by atoms with E-state index in [-0.39, 0.29) is 192 Å². The average molecular weight is 1220 g/mol. The van der Waals surface area contributed by atoms with Crippen molar-refractivity contribution in [2.24, 2.45) is 0 Å². The number of rotatable bonds is 16. The van der Waals surface area contributed by atoms with Gasteiger partial charge in [-0.15, -0.1) is 6.07 Å². The monoisotopic (exact) mass is 1220 g/mol. The zero-order valence-corrected chi connectivity index (χ0v) is 51.8. The van der Waals surface area contributed by atoms with Crippen LogP contribution in [0, 0.1) is 47.6 Å². The number of aryl methyl sites for hydroxylation is 4. The van der Waals surface area contributed by atoms with Crippen molar-refractivity contribution in [1.82, 2.24) is 0 Å². The summed E-state index contributed by atoms with van der Waals surface area (Å²) >= 11 is 0. The van der Waals surface area contributed by atoms with Crippen molar-refractivity contribution >= 4 is 104 Å². The summed E-state index contributed by atoms with van der Waals surface area (Å²) in [6, 6.07) is 18.4. The van der Waals surface area contributed by atoms with Gasteiger partial charge in [-0.2, -0.15) is 12.1 Å². The van der Waals surface area contributed by atoms with Crippen molar-refractivity contribution in [1.29, 1.82) is 0 Å². The van der Waals surface area contributed by atoms with Crippen LogP contribution in [0.2, 0.25) is 0 Å². The largest absolute Gasteiger partial charge is 1.00 e. The Kier molecular flexibility index (Phi) is 25.8. The van der Waals surface area contributed by atoms with E-state index in [0.29, 0.717) is 47.0 Å². The fourth-order valence-electron chi connectivity index (χ4n) is 9.20. The summed E-state index contributed by atoms with van der Waals surface area (Å²) in [6.07, 6.45) is 0. The molecule has 1 aliphatic heterocycles. The summed E-state index contributed by atoms with van der Waals surface area (Å²) in [7, 11) is -20.5. The molecule has 2 aliphatic rings. The Labute approximate surface area is 570 Å². The summed E-state index contributed by atoms with van der Waals surface area (Å²) in [6.45, 7) is 9.09. The van der Waals surface area contributed by atoms with Gasteiger partial charge in [0.25, 0.3) is 20.0 Å². The SMILES string of the molecule is Cc1cc(C)c(NS(=O)(=O)c2cc(C(=O)[O-])c(O)c(C(=O)[O-])c2)c(C)c1Nc1[c-]cc2c(-c3ccccc3S(=O)(=O)[O-])c3cc(S(=O)(=O)[O-])c(=[NH+]c4c(C)cc(C)c(NS(=O)(=O)c5cc(C(=O)[O-])cc(C(=O)[O-])c5)c4C)cc-3oc2c1.[Li+].[Li+].[Li+].[Li+].[Li+].[Li+]. The van der Waals surface area contributed by atoms with Gasteiger partial charge in [-0.1, -0.05) is 40.9 Å². The minimum absolute atomic E-state index is 0. The molecule has 6 aromatic rings. The van der Waals surface area contributed by atoms with Crippen LogP contribution in [0.3, 0.4) is 0 Å². The van der Waals surface area contributed by atoms with E-state index in [1.807, 2.05) is 0 Å². The Balaban J connectivity index is 0.00000430. The van der Waals surface area contributed by atoms with E-state index in [2.05, 4.69) is 25.8 Å². The fourth-order valence-corrected chi connectivity index (χ4v) is 13.0. The minimum atomic E-state index is -5.54. The summed E-state index contributed by atoms with van der Waals surface area (Å²) in [4.78, 5) is 46.3. The summed E-state index contributed by atoms with van der Waals surface area (Å²) in [5.41, 5.74) is -2.83. The second kappa shape index (κ2) is 28.9. The number of sulfonamides is 2. The molecule has 0 bridgehead atoms. The van der Waals surface area contributed by atoms with Crippen molar-refractivity contribution in [3.05, 3.63) is 158 Å². The topological polar surface area (TPSA) is 427 Å². The van der Waals surface area contributed by atoms with Gasteiger partial charge in [0.1, 0.15) is 36.6 Å². The maximum Gasteiger partial charge on any atom is 1.00 e. The number of carboxylic acid groups (broad SMARTS) is 4. The third-order valence-corrected chi connectivity index (χ3v) is 17.3. The Bertz CT molecular complexity index is 4600. The van der Waals surface area contributed by atoms with E-state index in [9.17, 15) is 87.5 Å². The molecule has 0 saturated heterocycles. The van der Waals surface area contributed by atoms with E-state index in [4.69, 9.17) is 4.42 Å². The van der Waals surface area contributed by atoms with Crippen molar-refractivity contribution in [2.45, 2.75) is 61.1 Å². The number of hydrogen-bond acceptors (Lipinski definition) is 21. The van der Waals surface area contributed by atoms with Crippen molar-refractivity contribution in [3.8, 4) is 28.2 Å². The molecule has 1 heterocycles. The van der Waals surface area contributed by atoms with Gasteiger partial charge in [0.2, 0.25) is 11.0 Å². The Morgan fingerprint density at radius 3 is 1.51 bits per heavy atom. The number of hydrogen-bond donors (Lipinski definition) is 5. The molecule has 6 aromatic carbocycles. The van der Waals surface area contributed by atoms with Crippen LogP contribution in [0.4, 0.5) is 28.4 Å². The molecule has 34 heteroatoms. The van der Waals surface area contributed by atoms with Crippen molar-refractivity contribution in [2.75, 3.05) is 14.8 Å². The molecule has 420 valence electrons. The molecule has 0 atom stereocenters. The first-order chi connectivity index (χ1) is 37.6. The third kappa shape index (κ3) is 15.9. The van der Waals surface area contributed by atoms with Crippen LogP contribution in [0.15, 0.2) is 115 Å². The molecular formula is C53H38Li6N4O20S4. The van der Waals surface area contributed by atoms with Crippen LogP contribution in [-0.2, 0) is 40.3 Å². The molecule has 5 N–H and O–H groups in total.